The van der Waals surface area contributed by atoms with Crippen molar-refractivity contribution < 1.29 is 4.79 Å². The molecule has 0 saturated heterocycles. The molecule has 1 aromatic rings. The van der Waals surface area contributed by atoms with Gasteiger partial charge < -0.3 is 4.79 Å². The minimum atomic E-state index is 0.614. The molecule has 54 valence electrons. The molecule has 0 aliphatic carbocycles. The third-order valence-corrected chi connectivity index (χ3v) is 2.33. The molecule has 3 heteroatoms. The van der Waals surface area contributed by atoms with E-state index < -0.39 is 0 Å². The topological polar surface area (TPSA) is 30.0 Å². The fourth-order valence-electron chi connectivity index (χ4n) is 0.756. The largest absolute Gasteiger partial charge is 0.303 e. The van der Waals surface area contributed by atoms with Crippen molar-refractivity contribution in [1.29, 1.82) is 0 Å². The second kappa shape index (κ2) is 3.46. The summed E-state index contributed by atoms with van der Waals surface area (Å²) in [7, 11) is 0. The Balaban J connectivity index is 2.56. The molecule has 0 aliphatic rings. The first-order valence-electron chi connectivity index (χ1n) is 3.17. The highest BCUT2D eigenvalue weighted by atomic mass is 32.1. The van der Waals surface area contributed by atoms with Gasteiger partial charge in [0.15, 0.2) is 0 Å². The van der Waals surface area contributed by atoms with Gasteiger partial charge in [-0.05, 0) is 13.3 Å². The summed E-state index contributed by atoms with van der Waals surface area (Å²) in [5.41, 5.74) is 2.88. The van der Waals surface area contributed by atoms with E-state index in [9.17, 15) is 4.79 Å². The number of rotatable bonds is 3. The van der Waals surface area contributed by atoms with Crippen LogP contribution in [0.5, 0.6) is 0 Å². The summed E-state index contributed by atoms with van der Waals surface area (Å²) in [5.74, 6) is 0. The van der Waals surface area contributed by atoms with Gasteiger partial charge >= 0.3 is 0 Å². The van der Waals surface area contributed by atoms with Crippen molar-refractivity contribution in [2.24, 2.45) is 0 Å². The molecule has 0 unspecified atom stereocenters. The Morgan fingerprint density at radius 2 is 2.60 bits per heavy atom. The van der Waals surface area contributed by atoms with E-state index in [2.05, 4.69) is 4.98 Å². The number of aryl methyl sites for hydroxylation is 2. The van der Waals surface area contributed by atoms with Crippen LogP contribution in [-0.4, -0.2) is 11.3 Å². The van der Waals surface area contributed by atoms with Crippen LogP contribution in [0.25, 0.3) is 0 Å². The highest BCUT2D eigenvalue weighted by Crippen LogP contribution is 2.13. The van der Waals surface area contributed by atoms with E-state index in [1.54, 1.807) is 11.3 Å². The number of nitrogens with zero attached hydrogens (tertiary/aromatic N) is 1. The molecule has 0 spiro atoms. The molecule has 1 heterocycles. The van der Waals surface area contributed by atoms with Gasteiger partial charge in [-0.3, -0.25) is 0 Å². The summed E-state index contributed by atoms with van der Waals surface area (Å²) in [5, 5.41) is 0. The average molecular weight is 155 g/mol. The number of hydrogen-bond acceptors (Lipinski definition) is 3. The smallest absolute Gasteiger partial charge is 0.120 e. The molecule has 1 rings (SSSR count). The molecule has 1 aromatic heterocycles. The maximum atomic E-state index is 10.00. The van der Waals surface area contributed by atoms with E-state index in [1.807, 2.05) is 12.4 Å². The zero-order chi connectivity index (χ0) is 7.40. The van der Waals surface area contributed by atoms with E-state index >= 15 is 0 Å². The van der Waals surface area contributed by atoms with E-state index in [4.69, 9.17) is 0 Å². The van der Waals surface area contributed by atoms with Gasteiger partial charge in [0.2, 0.25) is 0 Å². The van der Waals surface area contributed by atoms with Crippen molar-refractivity contribution in [2.75, 3.05) is 0 Å². The molecule has 0 atom stereocenters. The van der Waals surface area contributed by atoms with Gasteiger partial charge in [0.25, 0.3) is 0 Å². The molecule has 10 heavy (non-hydrogen) atoms. The Labute approximate surface area is 63.9 Å². The number of aromatic nitrogens is 1. The monoisotopic (exact) mass is 155 g/mol. The first-order valence-corrected chi connectivity index (χ1v) is 4.05. The standard InChI is InChI=1S/C7H9NOS/c1-6-7(3-2-4-9)10-5-8-6/h4-5H,2-3H2,1H3. The van der Waals surface area contributed by atoms with Gasteiger partial charge in [-0.15, -0.1) is 11.3 Å². The number of aldehydes is 1. The van der Waals surface area contributed by atoms with Crippen molar-refractivity contribution in [3.8, 4) is 0 Å². The van der Waals surface area contributed by atoms with Crippen LogP contribution in [0.1, 0.15) is 17.0 Å². The lowest BCUT2D eigenvalue weighted by atomic mass is 10.2. The van der Waals surface area contributed by atoms with Gasteiger partial charge in [0, 0.05) is 11.3 Å². The third kappa shape index (κ3) is 1.64. The Hall–Kier alpha value is -0.700. The first kappa shape index (κ1) is 7.41. The molecule has 0 fully saturated rings. The summed E-state index contributed by atoms with van der Waals surface area (Å²) in [4.78, 5) is 15.3. The molecule has 0 aliphatic heterocycles. The van der Waals surface area contributed by atoms with E-state index in [1.165, 1.54) is 4.88 Å². The normalized spacial score (nSPS) is 9.70. The minimum Gasteiger partial charge on any atom is -0.303 e. The van der Waals surface area contributed by atoms with Crippen molar-refractivity contribution in [3.05, 3.63) is 16.1 Å². The van der Waals surface area contributed by atoms with Gasteiger partial charge in [-0.2, -0.15) is 0 Å². The van der Waals surface area contributed by atoms with Crippen LogP contribution in [0.15, 0.2) is 5.51 Å². The zero-order valence-corrected chi connectivity index (χ0v) is 6.65. The van der Waals surface area contributed by atoms with Crippen LogP contribution in [0, 0.1) is 6.92 Å². The quantitative estimate of drug-likeness (QED) is 0.620. The maximum absolute atomic E-state index is 10.00. The van der Waals surface area contributed by atoms with Gasteiger partial charge in [-0.25, -0.2) is 4.98 Å². The summed E-state index contributed by atoms with van der Waals surface area (Å²) in [6, 6.07) is 0. The molecule has 0 bridgehead atoms. The summed E-state index contributed by atoms with van der Waals surface area (Å²) >= 11 is 1.62. The lowest BCUT2D eigenvalue weighted by molar-refractivity contribution is -0.107. The van der Waals surface area contributed by atoms with Crippen LogP contribution in [0.3, 0.4) is 0 Å². The van der Waals surface area contributed by atoms with Crippen molar-refractivity contribution >= 4 is 17.6 Å². The molecule has 0 N–H and O–H groups in total. The fourth-order valence-corrected chi connectivity index (χ4v) is 1.55. The number of thiazole rings is 1. The molecule has 0 amide bonds. The highest BCUT2D eigenvalue weighted by Gasteiger charge is 1.98. The van der Waals surface area contributed by atoms with Crippen molar-refractivity contribution in [1.82, 2.24) is 4.98 Å². The van der Waals surface area contributed by atoms with Crippen LogP contribution in [-0.2, 0) is 11.2 Å². The van der Waals surface area contributed by atoms with Crippen LogP contribution in [0.2, 0.25) is 0 Å². The molecule has 0 saturated carbocycles. The molecule has 0 aromatic carbocycles. The van der Waals surface area contributed by atoms with Crippen LogP contribution < -0.4 is 0 Å². The lowest BCUT2D eigenvalue weighted by Gasteiger charge is -1.90. The Morgan fingerprint density at radius 3 is 3.10 bits per heavy atom. The summed E-state index contributed by atoms with van der Waals surface area (Å²) < 4.78 is 0. The van der Waals surface area contributed by atoms with Crippen LogP contribution in [0.4, 0.5) is 0 Å². The second-order valence-electron chi connectivity index (χ2n) is 2.07. The van der Waals surface area contributed by atoms with Gasteiger partial charge in [0.05, 0.1) is 11.2 Å². The summed E-state index contributed by atoms with van der Waals surface area (Å²) in [6.07, 6.45) is 2.40. The first-order chi connectivity index (χ1) is 4.84. The van der Waals surface area contributed by atoms with E-state index in [0.717, 1.165) is 18.4 Å². The zero-order valence-electron chi connectivity index (χ0n) is 5.83. The van der Waals surface area contributed by atoms with Crippen molar-refractivity contribution in [3.63, 3.8) is 0 Å². The lowest BCUT2D eigenvalue weighted by Crippen LogP contribution is -1.84. The Bertz CT molecular complexity index is 219. The van der Waals surface area contributed by atoms with Crippen LogP contribution >= 0.6 is 11.3 Å². The third-order valence-electron chi connectivity index (χ3n) is 1.33. The van der Waals surface area contributed by atoms with Gasteiger partial charge in [0.1, 0.15) is 6.29 Å². The number of hydrogen-bond donors (Lipinski definition) is 0. The predicted molar refractivity (Wildman–Crippen MR) is 41.2 cm³/mol. The molecular formula is C7H9NOS. The highest BCUT2D eigenvalue weighted by molar-refractivity contribution is 7.09. The minimum absolute atomic E-state index is 0.614. The van der Waals surface area contributed by atoms with Crippen molar-refractivity contribution in [2.45, 2.75) is 19.8 Å². The molecular weight excluding hydrogens is 146 g/mol. The van der Waals surface area contributed by atoms with E-state index in [-0.39, 0.29) is 0 Å². The number of carbonyl (C=O) groups excluding carboxylic acids is 1. The maximum Gasteiger partial charge on any atom is 0.120 e. The Kier molecular flexibility index (Phi) is 2.57. The second-order valence-corrected chi connectivity index (χ2v) is 3.01. The fraction of sp³-hybridized carbons (Fsp3) is 0.429. The van der Waals surface area contributed by atoms with E-state index in [0.29, 0.717) is 6.42 Å². The van der Waals surface area contributed by atoms with Gasteiger partial charge in [-0.1, -0.05) is 0 Å². The molecule has 0 radical (unpaired) electrons. The Morgan fingerprint density at radius 1 is 1.80 bits per heavy atom. The summed E-state index contributed by atoms with van der Waals surface area (Å²) in [6.45, 7) is 1.97. The molecule has 2 nitrogen and oxygen atoms in total. The number of carbonyl (C=O) groups is 1. The SMILES string of the molecule is Cc1ncsc1CCC=O. The average Bonchev–Trinajstić information content (AvgIpc) is 2.31. The predicted octanol–water partition coefficient (Wildman–Crippen LogP) is 1.58.